The van der Waals surface area contributed by atoms with Crippen LogP contribution in [0.3, 0.4) is 0 Å². The normalized spacial score (nSPS) is 15.8. The molecule has 1 atom stereocenters. The summed E-state index contributed by atoms with van der Waals surface area (Å²) in [5.74, 6) is 2.15. The van der Waals surface area contributed by atoms with E-state index in [2.05, 4.69) is 5.32 Å². The van der Waals surface area contributed by atoms with Crippen LogP contribution in [0.25, 0.3) is 0 Å². The number of nitrogens with one attached hydrogen (secondary N) is 1. The first-order valence-electron chi connectivity index (χ1n) is 6.94. The van der Waals surface area contributed by atoms with Crippen LogP contribution in [0.15, 0.2) is 18.2 Å². The molecule has 0 saturated heterocycles. The molecule has 2 N–H and O–H groups in total. The standard InChI is InChI=1S/C15H23NO4/c1-18-14-5-12(6-15(7-14)19-2)16-8-13(17)10-20-9-11-3-4-11/h5-7,11,13,16-17H,3-4,8-10H2,1-2H3. The molecule has 1 unspecified atom stereocenters. The molecule has 0 heterocycles. The van der Waals surface area contributed by atoms with Crippen LogP contribution >= 0.6 is 0 Å². The Morgan fingerprint density at radius 3 is 2.40 bits per heavy atom. The van der Waals surface area contributed by atoms with Gasteiger partial charge in [-0.2, -0.15) is 0 Å². The summed E-state index contributed by atoms with van der Waals surface area (Å²) < 4.78 is 15.8. The molecular formula is C15H23NO4. The predicted molar refractivity (Wildman–Crippen MR) is 77.6 cm³/mol. The van der Waals surface area contributed by atoms with E-state index in [1.165, 1.54) is 12.8 Å². The Bertz CT molecular complexity index is 398. The van der Waals surface area contributed by atoms with Crippen LogP contribution in [0.2, 0.25) is 0 Å². The highest BCUT2D eigenvalue weighted by Gasteiger charge is 2.21. The van der Waals surface area contributed by atoms with Gasteiger partial charge in [0.1, 0.15) is 11.5 Å². The van der Waals surface area contributed by atoms with Crippen molar-refractivity contribution in [1.82, 2.24) is 0 Å². The molecule has 1 aliphatic carbocycles. The van der Waals surface area contributed by atoms with Gasteiger partial charge in [-0.3, -0.25) is 0 Å². The lowest BCUT2D eigenvalue weighted by atomic mass is 10.2. The number of methoxy groups -OCH3 is 2. The van der Waals surface area contributed by atoms with E-state index in [-0.39, 0.29) is 0 Å². The molecule has 0 bridgehead atoms. The van der Waals surface area contributed by atoms with Crippen molar-refractivity contribution in [3.8, 4) is 11.5 Å². The van der Waals surface area contributed by atoms with Gasteiger partial charge in [0.25, 0.3) is 0 Å². The number of hydrogen-bond donors (Lipinski definition) is 2. The number of aliphatic hydroxyl groups excluding tert-OH is 1. The zero-order valence-corrected chi connectivity index (χ0v) is 12.1. The lowest BCUT2D eigenvalue weighted by Gasteiger charge is -2.14. The van der Waals surface area contributed by atoms with Crippen molar-refractivity contribution in [2.45, 2.75) is 18.9 Å². The van der Waals surface area contributed by atoms with Gasteiger partial charge in [0, 0.05) is 37.0 Å². The van der Waals surface area contributed by atoms with Crippen molar-refractivity contribution in [2.24, 2.45) is 5.92 Å². The Balaban J connectivity index is 1.76. The van der Waals surface area contributed by atoms with Crippen molar-refractivity contribution >= 4 is 5.69 Å². The second-order valence-electron chi connectivity index (χ2n) is 5.12. The largest absolute Gasteiger partial charge is 0.497 e. The fourth-order valence-corrected chi connectivity index (χ4v) is 1.86. The smallest absolute Gasteiger partial charge is 0.124 e. The SMILES string of the molecule is COc1cc(NCC(O)COCC2CC2)cc(OC)c1. The Morgan fingerprint density at radius 1 is 1.20 bits per heavy atom. The van der Waals surface area contributed by atoms with Crippen molar-refractivity contribution in [2.75, 3.05) is 39.3 Å². The van der Waals surface area contributed by atoms with Gasteiger partial charge in [-0.05, 0) is 18.8 Å². The van der Waals surface area contributed by atoms with E-state index >= 15 is 0 Å². The van der Waals surface area contributed by atoms with Crippen LogP contribution in [0.4, 0.5) is 5.69 Å². The number of rotatable bonds is 9. The minimum Gasteiger partial charge on any atom is -0.497 e. The monoisotopic (exact) mass is 281 g/mol. The van der Waals surface area contributed by atoms with Crippen molar-refractivity contribution in [3.05, 3.63) is 18.2 Å². The van der Waals surface area contributed by atoms with Gasteiger partial charge in [0.2, 0.25) is 0 Å². The second-order valence-corrected chi connectivity index (χ2v) is 5.12. The molecule has 0 radical (unpaired) electrons. The van der Waals surface area contributed by atoms with Gasteiger partial charge < -0.3 is 24.6 Å². The van der Waals surface area contributed by atoms with Gasteiger partial charge in [-0.15, -0.1) is 0 Å². The van der Waals surface area contributed by atoms with Crippen molar-refractivity contribution < 1.29 is 19.3 Å². The number of benzene rings is 1. The van der Waals surface area contributed by atoms with Crippen molar-refractivity contribution in [3.63, 3.8) is 0 Å². The first-order chi connectivity index (χ1) is 9.71. The first kappa shape index (κ1) is 14.9. The van der Waals surface area contributed by atoms with Gasteiger partial charge in [-0.25, -0.2) is 0 Å². The zero-order chi connectivity index (χ0) is 14.4. The highest BCUT2D eigenvalue weighted by Crippen LogP contribution is 2.28. The number of anilines is 1. The fourth-order valence-electron chi connectivity index (χ4n) is 1.86. The summed E-state index contributed by atoms with van der Waals surface area (Å²) in [7, 11) is 3.22. The Kier molecular flexibility index (Phi) is 5.49. The number of aliphatic hydroxyl groups is 1. The maximum Gasteiger partial charge on any atom is 0.124 e. The summed E-state index contributed by atoms with van der Waals surface area (Å²) in [6.45, 7) is 1.57. The third kappa shape index (κ3) is 4.90. The van der Waals surface area contributed by atoms with Gasteiger partial charge >= 0.3 is 0 Å². The molecular weight excluding hydrogens is 258 g/mol. The molecule has 20 heavy (non-hydrogen) atoms. The molecule has 5 nitrogen and oxygen atoms in total. The molecule has 5 heteroatoms. The van der Waals surface area contributed by atoms with E-state index in [1.54, 1.807) is 20.3 Å². The number of hydrogen-bond acceptors (Lipinski definition) is 5. The maximum absolute atomic E-state index is 9.85. The van der Waals surface area contributed by atoms with Crippen LogP contribution in [0, 0.1) is 5.92 Å². The second kappa shape index (κ2) is 7.36. The quantitative estimate of drug-likeness (QED) is 0.724. The average molecular weight is 281 g/mol. The maximum atomic E-state index is 9.85. The minimum absolute atomic E-state index is 0.366. The molecule has 1 aliphatic rings. The van der Waals surface area contributed by atoms with Crippen LogP contribution in [-0.4, -0.2) is 45.2 Å². The molecule has 1 aromatic rings. The minimum atomic E-state index is -0.522. The van der Waals surface area contributed by atoms with Crippen LogP contribution in [0.5, 0.6) is 11.5 Å². The molecule has 0 aromatic heterocycles. The molecule has 2 rings (SSSR count). The summed E-state index contributed by atoms with van der Waals surface area (Å²) in [6, 6.07) is 5.53. The van der Waals surface area contributed by atoms with Gasteiger partial charge in [0.15, 0.2) is 0 Å². The van der Waals surface area contributed by atoms with E-state index in [4.69, 9.17) is 14.2 Å². The van der Waals surface area contributed by atoms with Gasteiger partial charge in [0.05, 0.1) is 26.9 Å². The van der Waals surface area contributed by atoms with Gasteiger partial charge in [-0.1, -0.05) is 0 Å². The summed E-state index contributed by atoms with van der Waals surface area (Å²) in [4.78, 5) is 0. The Labute approximate surface area is 119 Å². The zero-order valence-electron chi connectivity index (χ0n) is 12.1. The molecule has 0 spiro atoms. The third-order valence-corrected chi connectivity index (χ3v) is 3.25. The lowest BCUT2D eigenvalue weighted by molar-refractivity contribution is 0.0386. The first-order valence-corrected chi connectivity index (χ1v) is 6.94. The topological polar surface area (TPSA) is 60.0 Å². The molecule has 112 valence electrons. The average Bonchev–Trinajstić information content (AvgIpc) is 3.29. The number of ether oxygens (including phenoxy) is 3. The van der Waals surface area contributed by atoms with E-state index < -0.39 is 6.10 Å². The third-order valence-electron chi connectivity index (χ3n) is 3.25. The Morgan fingerprint density at radius 2 is 1.85 bits per heavy atom. The fraction of sp³-hybridized carbons (Fsp3) is 0.600. The van der Waals surface area contributed by atoms with Crippen molar-refractivity contribution in [1.29, 1.82) is 0 Å². The highest BCUT2D eigenvalue weighted by atomic mass is 16.5. The van der Waals surface area contributed by atoms with E-state index in [0.29, 0.717) is 24.7 Å². The van der Waals surface area contributed by atoms with Crippen LogP contribution in [0.1, 0.15) is 12.8 Å². The molecule has 1 aromatic carbocycles. The van der Waals surface area contributed by atoms with E-state index in [9.17, 15) is 5.11 Å². The summed E-state index contributed by atoms with van der Waals surface area (Å²) in [5.41, 5.74) is 0.849. The summed E-state index contributed by atoms with van der Waals surface area (Å²) in [5, 5.41) is 13.0. The Hall–Kier alpha value is -1.46. The molecule has 0 amide bonds. The van der Waals surface area contributed by atoms with E-state index in [1.807, 2.05) is 12.1 Å². The molecule has 1 fully saturated rings. The van der Waals surface area contributed by atoms with Crippen LogP contribution < -0.4 is 14.8 Å². The van der Waals surface area contributed by atoms with E-state index in [0.717, 1.165) is 18.2 Å². The van der Waals surface area contributed by atoms with Crippen LogP contribution in [-0.2, 0) is 4.74 Å². The summed E-state index contributed by atoms with van der Waals surface area (Å²) in [6.07, 6.45) is 2.00. The lowest BCUT2D eigenvalue weighted by Crippen LogP contribution is -2.25. The molecule has 0 aliphatic heterocycles. The molecule has 1 saturated carbocycles. The highest BCUT2D eigenvalue weighted by molar-refractivity contribution is 5.53. The predicted octanol–water partition coefficient (Wildman–Crippen LogP) is 1.90. The summed E-state index contributed by atoms with van der Waals surface area (Å²) >= 11 is 0.